The molecule has 82 valence electrons. The highest BCUT2D eigenvalue weighted by atomic mass is 79.9. The number of nitrogens with zero attached hydrogens (tertiary/aromatic N) is 3. The Labute approximate surface area is 100 Å². The highest BCUT2D eigenvalue weighted by Crippen LogP contribution is 2.27. The Morgan fingerprint density at radius 2 is 2.19 bits per heavy atom. The molecule has 1 N–H and O–H groups in total. The minimum Gasteiger partial charge on any atom is -0.371 e. The molecule has 0 saturated heterocycles. The summed E-state index contributed by atoms with van der Waals surface area (Å²) < 4.78 is 14.4. The van der Waals surface area contributed by atoms with Crippen LogP contribution in [-0.2, 0) is 0 Å². The molecule has 6 heteroatoms. The Morgan fingerprint density at radius 1 is 1.38 bits per heavy atom. The monoisotopic (exact) mass is 282 g/mol. The fraction of sp³-hybridized carbons (Fsp3) is 0.100. The van der Waals surface area contributed by atoms with Gasteiger partial charge in [-0.25, -0.2) is 9.37 Å². The zero-order chi connectivity index (χ0) is 11.5. The maximum absolute atomic E-state index is 13.6. The molecular weight excluding hydrogens is 275 g/mol. The summed E-state index contributed by atoms with van der Waals surface area (Å²) in [7, 11) is 1.70. The number of halogens is 2. The summed E-state index contributed by atoms with van der Waals surface area (Å²) in [5.41, 5.74) is 0.753. The molecule has 0 aliphatic rings. The Hall–Kier alpha value is -1.56. The maximum Gasteiger partial charge on any atom is 0.156 e. The second-order valence-electron chi connectivity index (χ2n) is 3.03. The number of rotatable bonds is 2. The molecule has 16 heavy (non-hydrogen) atoms. The third-order valence-electron chi connectivity index (χ3n) is 2.04. The van der Waals surface area contributed by atoms with Gasteiger partial charge in [-0.1, -0.05) is 15.9 Å². The maximum atomic E-state index is 13.6. The lowest BCUT2D eigenvalue weighted by molar-refractivity contribution is 0.630. The van der Waals surface area contributed by atoms with E-state index in [1.807, 2.05) is 0 Å². The molecule has 0 radical (unpaired) electrons. The Bertz CT molecular complexity index is 518. The van der Waals surface area contributed by atoms with E-state index in [1.165, 1.54) is 12.4 Å². The normalized spacial score (nSPS) is 10.2. The summed E-state index contributed by atoms with van der Waals surface area (Å²) >= 11 is 3.28. The van der Waals surface area contributed by atoms with Gasteiger partial charge in [-0.15, -0.1) is 10.2 Å². The minimum absolute atomic E-state index is 0.359. The fourth-order valence-corrected chi connectivity index (χ4v) is 1.68. The van der Waals surface area contributed by atoms with Gasteiger partial charge in [-0.2, -0.15) is 0 Å². The molecule has 0 amide bonds. The number of benzene rings is 1. The third kappa shape index (κ3) is 2.01. The van der Waals surface area contributed by atoms with Gasteiger partial charge < -0.3 is 5.32 Å². The van der Waals surface area contributed by atoms with Crippen LogP contribution in [0.5, 0.6) is 0 Å². The molecule has 1 aromatic heterocycles. The molecule has 0 unspecified atom stereocenters. The van der Waals surface area contributed by atoms with Gasteiger partial charge in [0.15, 0.2) is 5.82 Å². The van der Waals surface area contributed by atoms with E-state index in [-0.39, 0.29) is 5.82 Å². The molecular formula is C10H8BrFN4. The van der Waals surface area contributed by atoms with Gasteiger partial charge in [0.25, 0.3) is 0 Å². The van der Waals surface area contributed by atoms with Gasteiger partial charge in [0.2, 0.25) is 0 Å². The Morgan fingerprint density at radius 3 is 2.94 bits per heavy atom. The van der Waals surface area contributed by atoms with E-state index in [1.54, 1.807) is 19.2 Å². The smallest absolute Gasteiger partial charge is 0.156 e. The van der Waals surface area contributed by atoms with E-state index in [9.17, 15) is 4.39 Å². The second-order valence-corrected chi connectivity index (χ2v) is 3.95. The summed E-state index contributed by atoms with van der Waals surface area (Å²) in [4.78, 5) is 3.98. The van der Waals surface area contributed by atoms with E-state index >= 15 is 0 Å². The quantitative estimate of drug-likeness (QED) is 0.920. The van der Waals surface area contributed by atoms with Gasteiger partial charge >= 0.3 is 0 Å². The topological polar surface area (TPSA) is 50.7 Å². The largest absolute Gasteiger partial charge is 0.371 e. The molecule has 0 aliphatic heterocycles. The number of nitrogens with one attached hydrogen (secondary N) is 1. The lowest BCUT2D eigenvalue weighted by Gasteiger charge is -2.06. The second kappa shape index (κ2) is 4.52. The van der Waals surface area contributed by atoms with Gasteiger partial charge in [0, 0.05) is 17.1 Å². The van der Waals surface area contributed by atoms with Crippen LogP contribution >= 0.6 is 15.9 Å². The first-order valence-corrected chi connectivity index (χ1v) is 5.32. The van der Waals surface area contributed by atoms with Crippen molar-refractivity contribution in [2.45, 2.75) is 0 Å². The molecule has 2 rings (SSSR count). The van der Waals surface area contributed by atoms with Crippen molar-refractivity contribution in [2.24, 2.45) is 0 Å². The Balaban J connectivity index is 2.62. The van der Waals surface area contributed by atoms with Crippen LogP contribution < -0.4 is 5.32 Å². The van der Waals surface area contributed by atoms with Gasteiger partial charge in [-0.3, -0.25) is 0 Å². The van der Waals surface area contributed by atoms with Crippen molar-refractivity contribution in [1.29, 1.82) is 0 Å². The summed E-state index contributed by atoms with van der Waals surface area (Å²) in [6.07, 6.45) is 1.31. The first-order chi connectivity index (χ1) is 7.72. The summed E-state index contributed by atoms with van der Waals surface area (Å²) in [6, 6.07) is 4.64. The van der Waals surface area contributed by atoms with E-state index in [0.717, 1.165) is 4.47 Å². The lowest BCUT2D eigenvalue weighted by atomic mass is 10.1. The van der Waals surface area contributed by atoms with Crippen molar-refractivity contribution in [2.75, 3.05) is 12.4 Å². The Kier molecular flexibility index (Phi) is 3.09. The summed E-state index contributed by atoms with van der Waals surface area (Å²) in [5.74, 6) is 0.133. The zero-order valence-electron chi connectivity index (χ0n) is 8.41. The van der Waals surface area contributed by atoms with Gasteiger partial charge in [0.1, 0.15) is 17.8 Å². The van der Waals surface area contributed by atoms with Crippen molar-refractivity contribution >= 4 is 21.7 Å². The lowest BCUT2D eigenvalue weighted by Crippen LogP contribution is -2.00. The van der Waals surface area contributed by atoms with E-state index in [0.29, 0.717) is 17.1 Å². The molecule has 1 heterocycles. The standard InChI is InChI=1S/C10H8BrFN4/c1-13-10-9(16-15-5-14-10)7-4-6(11)2-3-8(7)12/h2-5H,1H3,(H,13,14,15). The van der Waals surface area contributed by atoms with Crippen LogP contribution in [0, 0.1) is 5.82 Å². The van der Waals surface area contributed by atoms with Crippen LogP contribution in [0.4, 0.5) is 10.2 Å². The minimum atomic E-state index is -0.359. The van der Waals surface area contributed by atoms with Crippen LogP contribution in [0.1, 0.15) is 0 Å². The number of anilines is 1. The van der Waals surface area contributed by atoms with Crippen LogP contribution in [0.15, 0.2) is 29.0 Å². The first-order valence-electron chi connectivity index (χ1n) is 4.53. The summed E-state index contributed by atoms with van der Waals surface area (Å²) in [6.45, 7) is 0. The highest BCUT2D eigenvalue weighted by molar-refractivity contribution is 9.10. The van der Waals surface area contributed by atoms with Crippen LogP contribution in [0.2, 0.25) is 0 Å². The van der Waals surface area contributed by atoms with Crippen LogP contribution in [0.25, 0.3) is 11.3 Å². The van der Waals surface area contributed by atoms with Crippen molar-refractivity contribution in [1.82, 2.24) is 15.2 Å². The highest BCUT2D eigenvalue weighted by Gasteiger charge is 2.12. The predicted octanol–water partition coefficient (Wildman–Crippen LogP) is 2.48. The molecule has 0 fully saturated rings. The van der Waals surface area contributed by atoms with E-state index < -0.39 is 0 Å². The molecule has 0 aliphatic carbocycles. The molecule has 0 bridgehead atoms. The van der Waals surface area contributed by atoms with E-state index in [4.69, 9.17) is 0 Å². The van der Waals surface area contributed by atoms with Crippen LogP contribution in [-0.4, -0.2) is 22.2 Å². The molecule has 0 spiro atoms. The molecule has 0 saturated carbocycles. The number of aromatic nitrogens is 3. The first kappa shape index (κ1) is 10.9. The average molecular weight is 283 g/mol. The van der Waals surface area contributed by atoms with E-state index in [2.05, 4.69) is 36.4 Å². The molecule has 1 aromatic carbocycles. The van der Waals surface area contributed by atoms with Crippen LogP contribution in [0.3, 0.4) is 0 Å². The van der Waals surface area contributed by atoms with Crippen molar-refractivity contribution in [3.63, 3.8) is 0 Å². The van der Waals surface area contributed by atoms with Gasteiger partial charge in [0.05, 0.1) is 0 Å². The fourth-order valence-electron chi connectivity index (χ4n) is 1.32. The van der Waals surface area contributed by atoms with Crippen molar-refractivity contribution in [3.8, 4) is 11.3 Å². The van der Waals surface area contributed by atoms with Crippen molar-refractivity contribution < 1.29 is 4.39 Å². The van der Waals surface area contributed by atoms with Gasteiger partial charge in [-0.05, 0) is 18.2 Å². The number of hydrogen-bond acceptors (Lipinski definition) is 4. The SMILES string of the molecule is CNc1ncnnc1-c1cc(Br)ccc1F. The van der Waals surface area contributed by atoms with Crippen molar-refractivity contribution in [3.05, 3.63) is 34.8 Å². The predicted molar refractivity (Wildman–Crippen MR) is 62.5 cm³/mol. The molecule has 4 nitrogen and oxygen atoms in total. The molecule has 2 aromatic rings. The number of hydrogen-bond donors (Lipinski definition) is 1. The third-order valence-corrected chi connectivity index (χ3v) is 2.53. The summed E-state index contributed by atoms with van der Waals surface area (Å²) in [5, 5.41) is 10.4. The zero-order valence-corrected chi connectivity index (χ0v) is 9.99. The average Bonchev–Trinajstić information content (AvgIpc) is 2.32. The molecule has 0 atom stereocenters.